The molecule has 0 saturated carbocycles. The van der Waals surface area contributed by atoms with Crippen molar-refractivity contribution in [3.8, 4) is 0 Å². The van der Waals surface area contributed by atoms with Crippen LogP contribution in [0.25, 0.3) is 0 Å². The van der Waals surface area contributed by atoms with Crippen LogP contribution in [0.3, 0.4) is 0 Å². The Morgan fingerprint density at radius 1 is 1.40 bits per heavy atom. The number of carbonyl (C=O) groups is 2. The minimum absolute atomic E-state index is 0.0530. The Hall–Kier alpha value is -2.17. The zero-order valence-electron chi connectivity index (χ0n) is 15.3. The number of ether oxygens (including phenoxy) is 1. The Morgan fingerprint density at radius 3 is 2.80 bits per heavy atom. The number of aliphatic imine (C=N–C) groups is 1. The van der Waals surface area contributed by atoms with E-state index >= 15 is 0 Å². The Balaban J connectivity index is 2.08. The average Bonchev–Trinajstić information content (AvgIpc) is 3.04. The summed E-state index contributed by atoms with van der Waals surface area (Å²) in [4.78, 5) is 30.3. The van der Waals surface area contributed by atoms with Gasteiger partial charge in [0.2, 0.25) is 0 Å². The first kappa shape index (κ1) is 17.6. The van der Waals surface area contributed by atoms with Gasteiger partial charge in [0.25, 0.3) is 0 Å². The fourth-order valence-corrected chi connectivity index (χ4v) is 3.82. The quantitative estimate of drug-likeness (QED) is 0.773. The summed E-state index contributed by atoms with van der Waals surface area (Å²) < 4.78 is 11.0. The maximum Gasteiger partial charge on any atom is 0.315 e. The Labute approximate surface area is 148 Å². The molecule has 1 aromatic rings. The zero-order valence-corrected chi connectivity index (χ0v) is 15.3. The molecular formula is C20H25NO4. The molecule has 1 unspecified atom stereocenters. The molecule has 0 fully saturated rings. The predicted octanol–water partition coefficient (Wildman–Crippen LogP) is 4.05. The Morgan fingerprint density at radius 2 is 2.16 bits per heavy atom. The number of allylic oxidation sites excluding steroid dienone is 2. The van der Waals surface area contributed by atoms with Gasteiger partial charge in [-0.15, -0.1) is 0 Å². The van der Waals surface area contributed by atoms with E-state index in [0.717, 1.165) is 18.5 Å². The van der Waals surface area contributed by atoms with Gasteiger partial charge in [-0.25, -0.2) is 0 Å². The van der Waals surface area contributed by atoms with Crippen LogP contribution < -0.4 is 0 Å². The van der Waals surface area contributed by atoms with E-state index in [1.165, 1.54) is 0 Å². The van der Waals surface area contributed by atoms with E-state index in [9.17, 15) is 9.59 Å². The van der Waals surface area contributed by atoms with Crippen molar-refractivity contribution < 1.29 is 18.7 Å². The lowest BCUT2D eigenvalue weighted by Crippen LogP contribution is -2.39. The van der Waals surface area contributed by atoms with Gasteiger partial charge in [-0.3, -0.25) is 14.6 Å². The summed E-state index contributed by atoms with van der Waals surface area (Å²) in [5.74, 6) is -0.726. The third kappa shape index (κ3) is 3.32. The number of nitrogens with zero attached hydrogens (tertiary/aromatic N) is 1. The van der Waals surface area contributed by atoms with E-state index < -0.39 is 11.8 Å². The zero-order chi connectivity index (χ0) is 18.2. The number of carbonyl (C=O) groups excluding carboxylic acids is 2. The fraction of sp³-hybridized carbons (Fsp3) is 0.550. The summed E-state index contributed by atoms with van der Waals surface area (Å²) >= 11 is 0. The highest BCUT2D eigenvalue weighted by molar-refractivity contribution is 6.08. The van der Waals surface area contributed by atoms with Gasteiger partial charge < -0.3 is 9.15 Å². The molecule has 0 spiro atoms. The maximum absolute atomic E-state index is 12.9. The maximum atomic E-state index is 12.9. The fourth-order valence-electron chi connectivity index (χ4n) is 3.82. The average molecular weight is 343 g/mol. The summed E-state index contributed by atoms with van der Waals surface area (Å²) in [7, 11) is 0. The van der Waals surface area contributed by atoms with Crippen LogP contribution in [0.2, 0.25) is 0 Å². The lowest BCUT2D eigenvalue weighted by molar-refractivity contribution is -0.146. The highest BCUT2D eigenvalue weighted by atomic mass is 16.5. The normalized spacial score (nSPS) is 25.4. The number of ketones is 1. The largest absolute Gasteiger partial charge is 0.469 e. The first-order valence-corrected chi connectivity index (χ1v) is 8.85. The van der Waals surface area contributed by atoms with Crippen molar-refractivity contribution in [1.82, 2.24) is 0 Å². The molecule has 0 amide bonds. The molecule has 1 aliphatic carbocycles. The first-order chi connectivity index (χ1) is 11.8. The number of furan rings is 1. The molecule has 0 N–H and O–H groups in total. The van der Waals surface area contributed by atoms with Gasteiger partial charge in [0.1, 0.15) is 11.7 Å². The van der Waals surface area contributed by atoms with Gasteiger partial charge in [0, 0.05) is 23.4 Å². The minimum atomic E-state index is -0.610. The SMILES string of the molecule is CCCOC(=O)C1C(C)=NC2=C(C(=O)CC(C)(C)C2)[C@@H]1c1ccco1. The topological polar surface area (TPSA) is 68.9 Å². The lowest BCUT2D eigenvalue weighted by atomic mass is 9.68. The Bertz CT molecular complexity index is 740. The number of hydrogen-bond acceptors (Lipinski definition) is 5. The van der Waals surface area contributed by atoms with Crippen molar-refractivity contribution in [2.45, 2.75) is 52.9 Å². The van der Waals surface area contributed by atoms with Crippen molar-refractivity contribution in [2.75, 3.05) is 6.61 Å². The highest BCUT2D eigenvalue weighted by Gasteiger charge is 2.47. The molecule has 25 heavy (non-hydrogen) atoms. The van der Waals surface area contributed by atoms with Crippen LogP contribution >= 0.6 is 0 Å². The van der Waals surface area contributed by atoms with E-state index in [2.05, 4.69) is 18.8 Å². The highest BCUT2D eigenvalue weighted by Crippen LogP contribution is 2.47. The van der Waals surface area contributed by atoms with Crippen LogP contribution in [0.4, 0.5) is 0 Å². The smallest absolute Gasteiger partial charge is 0.315 e. The molecule has 1 aromatic heterocycles. The molecule has 0 aromatic carbocycles. The second kappa shape index (κ2) is 6.62. The van der Waals surface area contributed by atoms with Crippen molar-refractivity contribution in [1.29, 1.82) is 0 Å². The van der Waals surface area contributed by atoms with Crippen molar-refractivity contribution in [3.05, 3.63) is 35.4 Å². The van der Waals surface area contributed by atoms with Crippen molar-refractivity contribution >= 4 is 17.5 Å². The van der Waals surface area contributed by atoms with Crippen molar-refractivity contribution in [3.63, 3.8) is 0 Å². The molecule has 0 saturated heterocycles. The summed E-state index contributed by atoms with van der Waals surface area (Å²) in [5.41, 5.74) is 1.98. The van der Waals surface area contributed by atoms with E-state index in [0.29, 0.717) is 30.1 Å². The van der Waals surface area contributed by atoms with Crippen LogP contribution in [-0.2, 0) is 14.3 Å². The minimum Gasteiger partial charge on any atom is -0.469 e. The summed E-state index contributed by atoms with van der Waals surface area (Å²) in [5, 5.41) is 0. The summed E-state index contributed by atoms with van der Waals surface area (Å²) in [6.07, 6.45) is 3.50. The monoisotopic (exact) mass is 343 g/mol. The van der Waals surface area contributed by atoms with Gasteiger partial charge in [-0.1, -0.05) is 20.8 Å². The Kier molecular flexibility index (Phi) is 4.67. The van der Waals surface area contributed by atoms with Crippen LogP contribution in [0.5, 0.6) is 0 Å². The lowest BCUT2D eigenvalue weighted by Gasteiger charge is -2.38. The second-order valence-electron chi connectivity index (χ2n) is 7.69. The first-order valence-electron chi connectivity index (χ1n) is 8.85. The number of Topliss-reactive ketones (excluding diaryl/α,β-unsaturated/α-hetero) is 1. The number of hydrogen-bond donors (Lipinski definition) is 0. The van der Waals surface area contributed by atoms with Crippen molar-refractivity contribution in [2.24, 2.45) is 16.3 Å². The van der Waals surface area contributed by atoms with E-state index in [1.807, 2.05) is 19.9 Å². The van der Waals surface area contributed by atoms with E-state index in [1.54, 1.807) is 12.3 Å². The van der Waals surface area contributed by atoms with Gasteiger partial charge in [0.05, 0.1) is 18.8 Å². The van der Waals surface area contributed by atoms with Crippen LogP contribution in [0.15, 0.2) is 39.1 Å². The molecule has 5 nitrogen and oxygen atoms in total. The molecule has 2 aliphatic rings. The molecule has 134 valence electrons. The molecule has 5 heteroatoms. The third-order valence-corrected chi connectivity index (χ3v) is 4.85. The van der Waals surface area contributed by atoms with Gasteiger partial charge in [-0.2, -0.15) is 0 Å². The molecule has 2 heterocycles. The van der Waals surface area contributed by atoms with Crippen LogP contribution in [-0.4, -0.2) is 24.1 Å². The van der Waals surface area contributed by atoms with Gasteiger partial charge in [-0.05, 0) is 37.3 Å². The second-order valence-corrected chi connectivity index (χ2v) is 7.69. The van der Waals surface area contributed by atoms with Crippen LogP contribution in [0.1, 0.15) is 58.6 Å². The van der Waals surface area contributed by atoms with Gasteiger partial charge in [0.15, 0.2) is 5.78 Å². The van der Waals surface area contributed by atoms with Crippen LogP contribution in [0, 0.1) is 11.3 Å². The number of esters is 1. The van der Waals surface area contributed by atoms with E-state index in [-0.39, 0.29) is 17.2 Å². The molecule has 2 atom stereocenters. The summed E-state index contributed by atoms with van der Waals surface area (Å²) in [6, 6.07) is 3.60. The molecule has 0 radical (unpaired) electrons. The molecule has 1 aliphatic heterocycles. The van der Waals surface area contributed by atoms with Gasteiger partial charge >= 0.3 is 5.97 Å². The molecular weight excluding hydrogens is 318 g/mol. The van der Waals surface area contributed by atoms with E-state index in [4.69, 9.17) is 9.15 Å². The summed E-state index contributed by atoms with van der Waals surface area (Å²) in [6.45, 7) is 8.29. The third-order valence-electron chi connectivity index (χ3n) is 4.85. The predicted molar refractivity (Wildman–Crippen MR) is 94.3 cm³/mol. The molecule has 0 bridgehead atoms. The number of rotatable bonds is 4. The standard InChI is InChI=1S/C20H25NO4/c1-5-8-25-19(23)16-12(2)21-13-10-20(3,4)11-14(22)17(13)18(16)15-7-6-9-24-15/h6-7,9,16,18H,5,8,10-11H2,1-4H3/t16?,18-/m1/s1. The molecule has 3 rings (SSSR count).